The third kappa shape index (κ3) is 8.83. The maximum absolute atomic E-state index is 14.3. The van der Waals surface area contributed by atoms with Gasteiger partial charge in [0.15, 0.2) is 11.9 Å². The molecule has 268 valence electrons. The highest BCUT2D eigenvalue weighted by Crippen LogP contribution is 2.51. The predicted octanol–water partition coefficient (Wildman–Crippen LogP) is 4.32. The smallest absolute Gasteiger partial charge is 0.338 e. The molecule has 1 fully saturated rings. The van der Waals surface area contributed by atoms with Crippen molar-refractivity contribution in [2.75, 3.05) is 0 Å². The molecule has 3 rings (SSSR count). The number of hydrogen-bond acceptors (Lipinski definition) is 12. The number of ketones is 1. The standard InChI is InChI=1S/C37H48O12/c1-19(2)34(42)49-31-30(46-24(7)39)22(5)29(45-23(6)38)27-28(48-35(43)26-14-12-11-13-15-26)21(4)18-37(27,44)33(47-25(8)40)20(3)16-17-36(9,10)32(31)41/h11-17,19-21,27-31,33,44H,5,18H2,1-4,6-10H3/b17-16-. The quantitative estimate of drug-likeness (QED) is 0.246. The molecule has 2 aliphatic rings. The Morgan fingerprint density at radius 3 is 1.92 bits per heavy atom. The molecule has 9 unspecified atom stereocenters. The van der Waals surface area contributed by atoms with Crippen molar-refractivity contribution in [3.63, 3.8) is 0 Å². The maximum Gasteiger partial charge on any atom is 0.338 e. The van der Waals surface area contributed by atoms with E-state index in [1.54, 1.807) is 78.0 Å². The molecule has 1 aromatic carbocycles. The first-order chi connectivity index (χ1) is 22.7. The molecule has 0 aliphatic heterocycles. The van der Waals surface area contributed by atoms with Crippen LogP contribution in [0.4, 0.5) is 0 Å². The molecule has 0 heterocycles. The van der Waals surface area contributed by atoms with Gasteiger partial charge in [0.2, 0.25) is 6.10 Å². The van der Waals surface area contributed by atoms with E-state index in [0.29, 0.717) is 0 Å². The molecule has 1 saturated carbocycles. The number of benzene rings is 1. The highest BCUT2D eigenvalue weighted by molar-refractivity contribution is 5.93. The summed E-state index contributed by atoms with van der Waals surface area (Å²) < 4.78 is 29.1. The van der Waals surface area contributed by atoms with Crippen LogP contribution in [-0.4, -0.2) is 76.9 Å². The van der Waals surface area contributed by atoms with E-state index < -0.39 is 101 Å². The van der Waals surface area contributed by atoms with E-state index >= 15 is 0 Å². The van der Waals surface area contributed by atoms with Crippen molar-refractivity contribution in [3.8, 4) is 0 Å². The van der Waals surface area contributed by atoms with Crippen LogP contribution in [0.5, 0.6) is 0 Å². The summed E-state index contributed by atoms with van der Waals surface area (Å²) in [6.45, 7) is 17.1. The van der Waals surface area contributed by atoms with Crippen molar-refractivity contribution in [1.82, 2.24) is 0 Å². The van der Waals surface area contributed by atoms with Gasteiger partial charge in [0.05, 0.1) is 17.4 Å². The van der Waals surface area contributed by atoms with Gasteiger partial charge < -0.3 is 28.8 Å². The van der Waals surface area contributed by atoms with Gasteiger partial charge in [0, 0.05) is 37.7 Å². The second-order valence-electron chi connectivity index (χ2n) is 13.9. The summed E-state index contributed by atoms with van der Waals surface area (Å²) in [6.07, 6.45) is -4.60. The van der Waals surface area contributed by atoms with Gasteiger partial charge in [-0.1, -0.05) is 64.6 Å². The first kappa shape index (κ1) is 39.1. The SMILES string of the molecule is C=C1C(OC(C)=O)C(OC(=O)C(C)C)C(=O)C(C)(C)/C=C\C(C)C(OC(C)=O)C2(O)CC(C)C(OC(=O)c3ccccc3)C2C1OC(C)=O. The van der Waals surface area contributed by atoms with Gasteiger partial charge in [-0.2, -0.15) is 0 Å². The molecule has 12 heteroatoms. The Morgan fingerprint density at radius 2 is 1.39 bits per heavy atom. The Balaban J connectivity index is 2.40. The lowest BCUT2D eigenvalue weighted by molar-refractivity contribution is -0.193. The molecule has 0 spiro atoms. The van der Waals surface area contributed by atoms with Crippen LogP contribution in [0.3, 0.4) is 0 Å². The topological polar surface area (TPSA) is 169 Å². The number of carbonyl (C=O) groups is 6. The normalized spacial score (nSPS) is 32.1. The molecule has 0 amide bonds. The van der Waals surface area contributed by atoms with E-state index in [2.05, 4.69) is 6.58 Å². The molecule has 0 saturated heterocycles. The van der Waals surface area contributed by atoms with Crippen LogP contribution in [0.25, 0.3) is 0 Å². The van der Waals surface area contributed by atoms with Gasteiger partial charge in [-0.25, -0.2) is 4.79 Å². The fraction of sp³-hybridized carbons (Fsp3) is 0.568. The molecule has 49 heavy (non-hydrogen) atoms. The molecule has 0 radical (unpaired) electrons. The first-order valence-corrected chi connectivity index (χ1v) is 16.3. The molecular weight excluding hydrogens is 636 g/mol. The number of aliphatic hydroxyl groups is 1. The number of Topliss-reactive ketones (excluding diaryl/α,β-unsaturated/α-hetero) is 1. The van der Waals surface area contributed by atoms with E-state index in [4.69, 9.17) is 23.7 Å². The summed E-state index contributed by atoms with van der Waals surface area (Å²) in [5, 5.41) is 12.8. The summed E-state index contributed by atoms with van der Waals surface area (Å²) >= 11 is 0. The molecule has 9 atom stereocenters. The summed E-state index contributed by atoms with van der Waals surface area (Å²) in [5.74, 6) is -8.10. The Bertz CT molecular complexity index is 1480. The average Bonchev–Trinajstić information content (AvgIpc) is 3.26. The number of carbonyl (C=O) groups excluding carboxylic acids is 6. The summed E-state index contributed by atoms with van der Waals surface area (Å²) in [4.78, 5) is 78.8. The van der Waals surface area contributed by atoms with Gasteiger partial charge in [-0.15, -0.1) is 0 Å². The average molecular weight is 685 g/mol. The Kier molecular flexibility index (Phi) is 12.4. The molecule has 1 N–H and O–H groups in total. The largest absolute Gasteiger partial charge is 0.459 e. The van der Waals surface area contributed by atoms with Crippen LogP contribution in [-0.2, 0) is 47.7 Å². The van der Waals surface area contributed by atoms with Crippen LogP contribution < -0.4 is 0 Å². The van der Waals surface area contributed by atoms with Crippen LogP contribution in [0.2, 0.25) is 0 Å². The van der Waals surface area contributed by atoms with E-state index in [9.17, 15) is 33.9 Å². The minimum absolute atomic E-state index is 0.0993. The van der Waals surface area contributed by atoms with Crippen LogP contribution >= 0.6 is 0 Å². The highest BCUT2D eigenvalue weighted by Gasteiger charge is 2.64. The van der Waals surface area contributed by atoms with Gasteiger partial charge >= 0.3 is 29.8 Å². The minimum atomic E-state index is -2.06. The number of ether oxygens (including phenoxy) is 5. The van der Waals surface area contributed by atoms with Gasteiger partial charge in [0.25, 0.3) is 0 Å². The maximum atomic E-state index is 14.3. The highest BCUT2D eigenvalue weighted by atomic mass is 16.6. The summed E-state index contributed by atoms with van der Waals surface area (Å²) in [7, 11) is 0. The van der Waals surface area contributed by atoms with Crippen molar-refractivity contribution in [2.24, 2.45) is 29.1 Å². The molecule has 12 nitrogen and oxygen atoms in total. The Labute approximate surface area is 287 Å². The van der Waals surface area contributed by atoms with Crippen LogP contribution in [0.1, 0.15) is 79.1 Å². The number of rotatable bonds is 7. The van der Waals surface area contributed by atoms with Crippen LogP contribution in [0.15, 0.2) is 54.6 Å². The fourth-order valence-corrected chi connectivity index (χ4v) is 6.63. The number of allylic oxidation sites excluding steroid dienone is 1. The summed E-state index contributed by atoms with van der Waals surface area (Å²) in [6, 6.07) is 8.11. The molecule has 1 aromatic rings. The van der Waals surface area contributed by atoms with Crippen molar-refractivity contribution >= 4 is 35.6 Å². The zero-order valence-corrected chi connectivity index (χ0v) is 29.6. The Hall–Kier alpha value is -4.32. The lowest BCUT2D eigenvalue weighted by Crippen LogP contribution is -2.59. The van der Waals surface area contributed by atoms with E-state index in [1.165, 1.54) is 13.0 Å². The lowest BCUT2D eigenvalue weighted by atomic mass is 9.72. The fourth-order valence-electron chi connectivity index (χ4n) is 6.63. The second kappa shape index (κ2) is 15.5. The minimum Gasteiger partial charge on any atom is -0.459 e. The number of fused-ring (bicyclic) bond motifs is 1. The third-order valence-corrected chi connectivity index (χ3v) is 9.00. The monoisotopic (exact) mass is 684 g/mol. The zero-order valence-electron chi connectivity index (χ0n) is 29.6. The van der Waals surface area contributed by atoms with Crippen molar-refractivity contribution in [2.45, 2.75) is 105 Å². The first-order valence-electron chi connectivity index (χ1n) is 16.3. The van der Waals surface area contributed by atoms with Gasteiger partial charge in [0.1, 0.15) is 23.9 Å². The van der Waals surface area contributed by atoms with E-state index in [0.717, 1.165) is 13.8 Å². The molecular formula is C37H48O12. The van der Waals surface area contributed by atoms with Gasteiger partial charge in [-0.3, -0.25) is 24.0 Å². The van der Waals surface area contributed by atoms with Gasteiger partial charge in [-0.05, 0) is 38.3 Å². The Morgan fingerprint density at radius 1 is 0.837 bits per heavy atom. The van der Waals surface area contributed by atoms with Crippen molar-refractivity contribution in [3.05, 3.63) is 60.2 Å². The lowest BCUT2D eigenvalue weighted by Gasteiger charge is -2.45. The van der Waals surface area contributed by atoms with Crippen molar-refractivity contribution < 1.29 is 57.6 Å². The van der Waals surface area contributed by atoms with Crippen LogP contribution in [0, 0.1) is 29.1 Å². The number of hydrogen-bond donors (Lipinski definition) is 1. The molecule has 0 bridgehead atoms. The zero-order chi connectivity index (χ0) is 37.0. The molecule has 0 aromatic heterocycles. The van der Waals surface area contributed by atoms with E-state index in [1.807, 2.05) is 0 Å². The number of esters is 5. The van der Waals surface area contributed by atoms with Crippen molar-refractivity contribution in [1.29, 1.82) is 0 Å². The third-order valence-electron chi connectivity index (χ3n) is 9.00. The molecule has 2 aliphatic carbocycles. The predicted molar refractivity (Wildman–Crippen MR) is 175 cm³/mol. The van der Waals surface area contributed by atoms with E-state index in [-0.39, 0.29) is 17.6 Å². The summed E-state index contributed by atoms with van der Waals surface area (Å²) in [5.41, 5.74) is -3.45. The second-order valence-corrected chi connectivity index (χ2v) is 13.9.